The molecule has 0 aromatic heterocycles. The molecule has 0 spiro atoms. The predicted molar refractivity (Wildman–Crippen MR) is 466 cm³/mol. The van der Waals surface area contributed by atoms with Gasteiger partial charge in [0.25, 0.3) is 0 Å². The first-order valence-electron chi connectivity index (χ1n) is 40.6. The number of nitrogens with zero attached hydrogens (tertiary/aromatic N) is 9. The van der Waals surface area contributed by atoms with Crippen LogP contribution in [0, 0.1) is 5.92 Å². The molecular weight excluding hydrogens is 1650 g/mol. The normalized spacial score (nSPS) is 20.7. The number of imide groups is 1. The van der Waals surface area contributed by atoms with E-state index in [0.29, 0.717) is 0 Å². The van der Waals surface area contributed by atoms with Crippen molar-refractivity contribution in [2.75, 3.05) is 65.4 Å². The van der Waals surface area contributed by atoms with Gasteiger partial charge in [0.1, 0.15) is 78.9 Å². The molecular formula is C69H138N40O16. The molecule has 1 aliphatic heterocycles. The minimum atomic E-state index is -1.73. The summed E-state index contributed by atoms with van der Waals surface area (Å²) < 4.78 is 12.0. The van der Waals surface area contributed by atoms with Crippen LogP contribution in [0.15, 0.2) is 44.9 Å². The number of aliphatic hydroxyl groups excluding tert-OH is 4. The molecule has 10 amide bonds. The van der Waals surface area contributed by atoms with E-state index >= 15 is 19.2 Å². The number of nitrogens with two attached hydrogens (primary N) is 21. The number of aliphatic imine (C=N–C) groups is 9. The number of hydrogen-bond donors (Lipinski definition) is 35. The lowest BCUT2D eigenvalue weighted by Crippen LogP contribution is -2.67. The van der Waals surface area contributed by atoms with E-state index in [2.05, 4.69) is 98.1 Å². The van der Waals surface area contributed by atoms with Crippen molar-refractivity contribution < 1.29 is 77.8 Å². The molecule has 0 aromatic rings. The number of nitrogens with one attached hydrogen (secondary N) is 10. The van der Waals surface area contributed by atoms with Crippen molar-refractivity contribution in [3.63, 3.8) is 0 Å². The topological polar surface area (TPSA) is 1050 Å². The van der Waals surface area contributed by atoms with Crippen molar-refractivity contribution in [3.05, 3.63) is 0 Å². The fourth-order valence-corrected chi connectivity index (χ4v) is 12.8. The zero-order valence-corrected chi connectivity index (χ0v) is 70.7. The van der Waals surface area contributed by atoms with Crippen LogP contribution in [-0.2, 0) is 57.4 Å². The predicted octanol–water partition coefficient (Wildman–Crippen LogP) is -17.8. The molecule has 0 aromatic carbocycles. The molecule has 56 N–H and O–H groups in total. The van der Waals surface area contributed by atoms with Crippen LogP contribution in [0.1, 0.15) is 129 Å². The van der Waals surface area contributed by atoms with E-state index in [1.165, 1.54) is 0 Å². The van der Waals surface area contributed by atoms with E-state index in [4.69, 9.17) is 130 Å². The highest BCUT2D eigenvalue weighted by Gasteiger charge is 2.49. The van der Waals surface area contributed by atoms with Crippen molar-refractivity contribution in [1.82, 2.24) is 53.2 Å². The van der Waals surface area contributed by atoms with Crippen LogP contribution in [0.3, 0.4) is 0 Å². The second-order valence-electron chi connectivity index (χ2n) is 29.9. The van der Waals surface area contributed by atoms with Crippen LogP contribution in [0.2, 0.25) is 0 Å². The average Bonchev–Trinajstić information content (AvgIpc) is 0.790. The molecule has 710 valence electrons. The summed E-state index contributed by atoms with van der Waals surface area (Å²) in [4.78, 5) is 181. The summed E-state index contributed by atoms with van der Waals surface area (Å²) in [6.07, 6.45) is -12.7. The molecule has 2 unspecified atom stereocenters. The maximum Gasteiger partial charge on any atom is 0.249 e. The van der Waals surface area contributed by atoms with Crippen molar-refractivity contribution in [1.29, 1.82) is 0 Å². The third kappa shape index (κ3) is 44.7. The highest BCUT2D eigenvalue weighted by Crippen LogP contribution is 2.28. The average molecular weight is 1780 g/mol. The second kappa shape index (κ2) is 58.1. The van der Waals surface area contributed by atoms with Crippen molar-refractivity contribution >= 4 is 113 Å². The van der Waals surface area contributed by atoms with E-state index in [9.17, 15) is 49.2 Å². The summed E-state index contributed by atoms with van der Waals surface area (Å²) in [5, 5.41) is 70.3. The van der Waals surface area contributed by atoms with Crippen LogP contribution in [0.25, 0.3) is 0 Å². The first-order chi connectivity index (χ1) is 58.8. The number of carbonyl (C=O) groups is 10. The lowest BCUT2D eigenvalue weighted by atomic mass is 9.84. The Kier molecular flexibility index (Phi) is 50.7. The van der Waals surface area contributed by atoms with Gasteiger partial charge in [-0.15, -0.1) is 0 Å². The van der Waals surface area contributed by atoms with Gasteiger partial charge >= 0.3 is 0 Å². The maximum atomic E-state index is 15.2. The summed E-state index contributed by atoms with van der Waals surface area (Å²) in [5.41, 5.74) is 120. The molecule has 56 nitrogen and oxygen atoms in total. The van der Waals surface area contributed by atoms with E-state index < -0.39 is 187 Å². The zero-order chi connectivity index (χ0) is 94.2. The SMILES string of the molecule is CC(=O)NC(=O)[C@H](CCCN=C(N)N)NC(=O)[C@H](CCCN=C(N)N)NC(=O)[C@@H](CCCN=C(N)N)NC(=O)[C@H](CCCN=C(N)N)NC(=O)[C@@H](CCCN=C(N)N)NC(=O)[C@H](CCCN=C(N)N)NC(=O)[C@@H](CC(C)CN=C(N)N)NC(=O)[C@H](CCCN=C(N)N)NC(=O)[C@H](CCCN=C(N)N)NC[C@H]1O[C@H](OC2[C@@H](N)C[C@@H](N)[C@H](O)[C@H]2O)[C@H](N)[C@@H](O)[C@@H]1O. The largest absolute Gasteiger partial charge is 0.389 e. The molecule has 2 aliphatic rings. The summed E-state index contributed by atoms with van der Waals surface area (Å²) in [5.74, 6) is -13.1. The van der Waals surface area contributed by atoms with E-state index in [1.54, 1.807) is 6.92 Å². The molecule has 20 atom stereocenters. The van der Waals surface area contributed by atoms with E-state index in [1.807, 2.05) is 0 Å². The fourth-order valence-electron chi connectivity index (χ4n) is 12.8. The summed E-state index contributed by atoms with van der Waals surface area (Å²) in [7, 11) is 0. The Morgan fingerprint density at radius 1 is 0.344 bits per heavy atom. The van der Waals surface area contributed by atoms with Crippen LogP contribution in [0.4, 0.5) is 0 Å². The van der Waals surface area contributed by atoms with Gasteiger partial charge in [0.05, 0.1) is 18.2 Å². The Balaban J connectivity index is 2.86. The van der Waals surface area contributed by atoms with Gasteiger partial charge in [-0.3, -0.25) is 98.2 Å². The molecule has 2 fully saturated rings. The quantitative estimate of drug-likeness (QED) is 0.0153. The van der Waals surface area contributed by atoms with Crippen LogP contribution < -0.4 is 174 Å². The van der Waals surface area contributed by atoms with Gasteiger partial charge in [0.15, 0.2) is 59.9 Å². The molecule has 0 bridgehead atoms. The van der Waals surface area contributed by atoms with Gasteiger partial charge in [-0.2, -0.15) is 0 Å². The number of hydrogen-bond acceptors (Lipinski definition) is 29. The minimum Gasteiger partial charge on any atom is -0.389 e. The Morgan fingerprint density at radius 3 is 0.880 bits per heavy atom. The lowest BCUT2D eigenvalue weighted by molar-refractivity contribution is -0.288. The van der Waals surface area contributed by atoms with Crippen molar-refractivity contribution in [2.45, 2.75) is 245 Å². The lowest BCUT2D eigenvalue weighted by Gasteiger charge is -2.46. The molecule has 1 aliphatic carbocycles. The summed E-state index contributed by atoms with van der Waals surface area (Å²) in [6.45, 7) is 1.52. The first kappa shape index (κ1) is 109. The number of aliphatic hydroxyl groups is 4. The van der Waals surface area contributed by atoms with Gasteiger partial charge in [-0.25, -0.2) is 0 Å². The standard InChI is InChI=1S/C69H138N40O16/c1-31(29-100-69(89)90)27-43(109-58(122)42(18-10-26-98-68(87)88)102-51(115)35(11-3-19-91-61(73)74)99-30-44-47(112)48(113)45(72)60(124-44)125-50-34(71)28-33(70)46(111)49(50)114)59(123)108-41(17-9-25-97-67(85)86)57(121)107-40(16-8-24-96-66(83)84)56(120)106-39(15-7-23-95-65(81)82)55(119)105-38(14-6-22-94-64(79)80)54(118)104-37(13-5-21-93-63(77)78)53(117)103-36(52(116)101-32(2)110)12-4-20-92-62(75)76/h31,33-50,60,99,111-114H,3-30,70-72H2,1-2H3,(H,102,115)(H,103,117)(H,104,118)(H,105,119)(H,106,120)(H,107,121)(H,108,123)(H,109,122)(H4,73,74,91)(H4,75,76,92)(H4,77,78,93)(H4,79,80,94)(H4,81,82,95)(H4,83,84,96)(H4,85,86,97)(H4,87,88,98)(H4,89,90,100)(H,101,110,116)/t31?,33-,34+,35+,36+,37+,38-,39+,40-,41+,42+,43-,44-,45-,46+,47-,48-,49-,50?,60-/m1/s1. The van der Waals surface area contributed by atoms with Crippen molar-refractivity contribution in [3.8, 4) is 0 Å². The zero-order valence-electron chi connectivity index (χ0n) is 70.7. The third-order valence-corrected chi connectivity index (χ3v) is 19.2. The van der Waals surface area contributed by atoms with Gasteiger partial charge < -0.3 is 198 Å². The number of rotatable bonds is 58. The highest BCUT2D eigenvalue weighted by atomic mass is 16.7. The second-order valence-corrected chi connectivity index (χ2v) is 29.9. The van der Waals surface area contributed by atoms with E-state index in [0.717, 1.165) is 6.92 Å². The van der Waals surface area contributed by atoms with Gasteiger partial charge in [-0.1, -0.05) is 6.92 Å². The Morgan fingerprint density at radius 2 is 0.600 bits per heavy atom. The molecule has 0 radical (unpaired) electrons. The summed E-state index contributed by atoms with van der Waals surface area (Å²) >= 11 is 0. The smallest absolute Gasteiger partial charge is 0.249 e. The van der Waals surface area contributed by atoms with Gasteiger partial charge in [0, 0.05) is 84.5 Å². The monoisotopic (exact) mass is 1780 g/mol. The Labute approximate surface area is 722 Å². The molecule has 2 rings (SSSR count). The van der Waals surface area contributed by atoms with Crippen LogP contribution in [-0.4, -0.2) is 314 Å². The number of ether oxygens (including phenoxy) is 2. The maximum absolute atomic E-state index is 15.2. The molecule has 1 saturated carbocycles. The molecule has 1 saturated heterocycles. The molecule has 1 heterocycles. The number of guanidine groups is 9. The van der Waals surface area contributed by atoms with E-state index in [-0.39, 0.29) is 228 Å². The van der Waals surface area contributed by atoms with Crippen molar-refractivity contribution in [2.24, 2.45) is 171 Å². The molecule has 125 heavy (non-hydrogen) atoms. The van der Waals surface area contributed by atoms with Gasteiger partial charge in [-0.05, 0) is 121 Å². The molecule has 56 heteroatoms. The third-order valence-electron chi connectivity index (χ3n) is 19.2. The highest BCUT2D eigenvalue weighted by molar-refractivity contribution is 6.01. The summed E-state index contributed by atoms with van der Waals surface area (Å²) in [6, 6.07) is -17.2. The van der Waals surface area contributed by atoms with Gasteiger partial charge in [0.2, 0.25) is 59.1 Å². The number of carbonyl (C=O) groups excluding carboxylic acids is 10. The number of amides is 10. The Hall–Kier alpha value is -12.1. The first-order valence-corrected chi connectivity index (χ1v) is 40.6. The minimum absolute atomic E-state index is 0.00371. The fraction of sp³-hybridized carbons (Fsp3) is 0.725. The van der Waals surface area contributed by atoms with Crippen LogP contribution in [0.5, 0.6) is 0 Å². The Bertz CT molecular complexity index is 3690. The van der Waals surface area contributed by atoms with Crippen LogP contribution >= 0.6 is 0 Å².